The minimum atomic E-state index is 0.447. The van der Waals surface area contributed by atoms with Gasteiger partial charge in [0.1, 0.15) is 0 Å². The molecular weight excluding hydrogens is 134 g/mol. The van der Waals surface area contributed by atoms with Crippen molar-refractivity contribution in [3.63, 3.8) is 0 Å². The van der Waals surface area contributed by atoms with Gasteiger partial charge in [-0.05, 0) is 40.7 Å². The highest BCUT2D eigenvalue weighted by atomic mass is 15.4. The molecule has 0 spiro atoms. The molecule has 1 rings (SSSR count). The third-order valence-electron chi connectivity index (χ3n) is 3.53. The molecular formula is C10H21N. The van der Waals surface area contributed by atoms with E-state index < -0.39 is 0 Å². The van der Waals surface area contributed by atoms with E-state index in [9.17, 15) is 0 Å². The molecule has 1 fully saturated rings. The van der Waals surface area contributed by atoms with Crippen molar-refractivity contribution in [1.82, 2.24) is 4.90 Å². The Balaban J connectivity index is 2.41. The molecule has 1 aliphatic rings. The number of unbranched alkanes of at least 4 members (excludes halogenated alkanes) is 1. The fraction of sp³-hybridized carbons (Fsp3) is 1.00. The summed E-state index contributed by atoms with van der Waals surface area (Å²) in [7, 11) is 0. The summed E-state index contributed by atoms with van der Waals surface area (Å²) >= 11 is 0. The van der Waals surface area contributed by atoms with Crippen LogP contribution < -0.4 is 0 Å². The molecule has 1 heteroatoms. The average Bonchev–Trinajstić information content (AvgIpc) is 2.23. The molecule has 0 aromatic heterocycles. The third kappa shape index (κ3) is 1.20. The highest BCUT2D eigenvalue weighted by molar-refractivity contribution is 5.19. The molecule has 1 nitrogen and oxygen atoms in total. The molecule has 0 unspecified atom stereocenters. The van der Waals surface area contributed by atoms with Gasteiger partial charge < -0.3 is 0 Å². The topological polar surface area (TPSA) is 3.01 Å². The number of hydrogen-bond acceptors (Lipinski definition) is 1. The normalized spacial score (nSPS) is 27.0. The van der Waals surface area contributed by atoms with Gasteiger partial charge in [-0.3, -0.25) is 4.90 Å². The minimum Gasteiger partial charge on any atom is -0.289 e. The zero-order chi connectivity index (χ0) is 8.70. The van der Waals surface area contributed by atoms with Crippen molar-refractivity contribution in [2.45, 2.75) is 58.5 Å². The number of nitrogens with zero attached hydrogens (tertiary/aromatic N) is 1. The Morgan fingerprint density at radius 3 is 1.73 bits per heavy atom. The lowest BCUT2D eigenvalue weighted by molar-refractivity contribution is 0.403. The number of rotatable bonds is 3. The minimum absolute atomic E-state index is 0.447. The second-order valence-electron chi connectivity index (χ2n) is 4.62. The third-order valence-corrected chi connectivity index (χ3v) is 3.53. The van der Waals surface area contributed by atoms with E-state index in [1.165, 1.54) is 19.4 Å². The van der Waals surface area contributed by atoms with Gasteiger partial charge >= 0.3 is 0 Å². The van der Waals surface area contributed by atoms with Crippen molar-refractivity contribution in [3.8, 4) is 0 Å². The van der Waals surface area contributed by atoms with Crippen molar-refractivity contribution in [3.05, 3.63) is 0 Å². The Labute approximate surface area is 70.8 Å². The van der Waals surface area contributed by atoms with E-state index in [1.54, 1.807) is 0 Å². The van der Waals surface area contributed by atoms with E-state index in [1.807, 2.05) is 0 Å². The first-order valence-corrected chi connectivity index (χ1v) is 4.72. The van der Waals surface area contributed by atoms with E-state index in [-0.39, 0.29) is 0 Å². The maximum atomic E-state index is 2.59. The molecule has 1 saturated heterocycles. The summed E-state index contributed by atoms with van der Waals surface area (Å²) in [5.41, 5.74) is 0.893. The maximum absolute atomic E-state index is 2.59. The fourth-order valence-corrected chi connectivity index (χ4v) is 1.90. The lowest BCUT2D eigenvalue weighted by Crippen LogP contribution is -2.10. The van der Waals surface area contributed by atoms with Gasteiger partial charge in [0.25, 0.3) is 0 Å². The molecule has 66 valence electrons. The molecule has 0 N–H and O–H groups in total. The van der Waals surface area contributed by atoms with Gasteiger partial charge in [0.05, 0.1) is 0 Å². The maximum Gasteiger partial charge on any atom is 0.0337 e. The quantitative estimate of drug-likeness (QED) is 0.566. The van der Waals surface area contributed by atoms with Gasteiger partial charge in [-0.1, -0.05) is 13.3 Å². The summed E-state index contributed by atoms with van der Waals surface area (Å²) in [6.45, 7) is 12.9. The summed E-state index contributed by atoms with van der Waals surface area (Å²) in [5.74, 6) is 0. The Morgan fingerprint density at radius 1 is 1.00 bits per heavy atom. The van der Waals surface area contributed by atoms with Crippen molar-refractivity contribution in [2.75, 3.05) is 6.54 Å². The van der Waals surface area contributed by atoms with Crippen LogP contribution >= 0.6 is 0 Å². The van der Waals surface area contributed by atoms with Crippen LogP contribution in [0.5, 0.6) is 0 Å². The van der Waals surface area contributed by atoms with Crippen LogP contribution in [0.2, 0.25) is 0 Å². The predicted octanol–water partition coefficient (Wildman–Crippen LogP) is 2.66. The zero-order valence-electron chi connectivity index (χ0n) is 8.57. The van der Waals surface area contributed by atoms with Crippen LogP contribution in [-0.2, 0) is 0 Å². The van der Waals surface area contributed by atoms with Crippen molar-refractivity contribution < 1.29 is 0 Å². The van der Waals surface area contributed by atoms with E-state index in [0.717, 1.165) is 0 Å². The van der Waals surface area contributed by atoms with E-state index >= 15 is 0 Å². The summed E-state index contributed by atoms with van der Waals surface area (Å²) in [6, 6.07) is 0. The molecule has 0 aromatic rings. The van der Waals surface area contributed by atoms with Gasteiger partial charge in [0.15, 0.2) is 0 Å². The Bertz CT molecular complexity index is 133. The summed E-state index contributed by atoms with van der Waals surface area (Å²) in [5, 5.41) is 0. The molecule has 1 aliphatic heterocycles. The van der Waals surface area contributed by atoms with Gasteiger partial charge in [-0.2, -0.15) is 0 Å². The molecule has 0 saturated carbocycles. The van der Waals surface area contributed by atoms with E-state index in [4.69, 9.17) is 0 Å². The van der Waals surface area contributed by atoms with Crippen LogP contribution in [0.25, 0.3) is 0 Å². The highest BCUT2D eigenvalue weighted by Gasteiger charge is 2.61. The Morgan fingerprint density at radius 2 is 1.45 bits per heavy atom. The summed E-state index contributed by atoms with van der Waals surface area (Å²) < 4.78 is 0. The molecule has 0 amide bonds. The van der Waals surface area contributed by atoms with Crippen LogP contribution in [0.15, 0.2) is 0 Å². The molecule has 0 bridgehead atoms. The Hall–Kier alpha value is -0.0400. The predicted molar refractivity (Wildman–Crippen MR) is 49.8 cm³/mol. The van der Waals surface area contributed by atoms with Gasteiger partial charge in [-0.15, -0.1) is 0 Å². The largest absolute Gasteiger partial charge is 0.289 e. The first-order chi connectivity index (χ1) is 4.94. The van der Waals surface area contributed by atoms with Gasteiger partial charge in [0.2, 0.25) is 0 Å². The summed E-state index contributed by atoms with van der Waals surface area (Å²) in [6.07, 6.45) is 2.65. The van der Waals surface area contributed by atoms with Crippen LogP contribution in [-0.4, -0.2) is 22.5 Å². The average molecular weight is 155 g/mol. The van der Waals surface area contributed by atoms with Crippen LogP contribution in [0.3, 0.4) is 0 Å². The molecule has 0 aromatic carbocycles. The SMILES string of the molecule is CCCCN1C(C)(C)C1(C)C. The van der Waals surface area contributed by atoms with Gasteiger partial charge in [0, 0.05) is 11.1 Å². The van der Waals surface area contributed by atoms with E-state index in [2.05, 4.69) is 39.5 Å². The van der Waals surface area contributed by atoms with Crippen LogP contribution in [0.1, 0.15) is 47.5 Å². The number of hydrogen-bond donors (Lipinski definition) is 0. The lowest BCUT2D eigenvalue weighted by Gasteiger charge is -2.04. The van der Waals surface area contributed by atoms with Crippen molar-refractivity contribution >= 4 is 0 Å². The molecule has 11 heavy (non-hydrogen) atoms. The molecule has 0 aliphatic carbocycles. The first-order valence-electron chi connectivity index (χ1n) is 4.72. The van der Waals surface area contributed by atoms with Crippen LogP contribution in [0, 0.1) is 0 Å². The fourth-order valence-electron chi connectivity index (χ4n) is 1.90. The Kier molecular flexibility index (Phi) is 2.04. The monoisotopic (exact) mass is 155 g/mol. The molecule has 0 radical (unpaired) electrons. The highest BCUT2D eigenvalue weighted by Crippen LogP contribution is 2.50. The lowest BCUT2D eigenvalue weighted by atomic mass is 10.0. The van der Waals surface area contributed by atoms with Gasteiger partial charge in [-0.25, -0.2) is 0 Å². The first kappa shape index (κ1) is 9.05. The van der Waals surface area contributed by atoms with E-state index in [0.29, 0.717) is 11.1 Å². The van der Waals surface area contributed by atoms with Crippen molar-refractivity contribution in [1.29, 1.82) is 0 Å². The second-order valence-corrected chi connectivity index (χ2v) is 4.62. The zero-order valence-corrected chi connectivity index (χ0v) is 8.57. The van der Waals surface area contributed by atoms with Crippen molar-refractivity contribution in [2.24, 2.45) is 0 Å². The smallest absolute Gasteiger partial charge is 0.0337 e. The molecule has 1 heterocycles. The van der Waals surface area contributed by atoms with Crippen LogP contribution in [0.4, 0.5) is 0 Å². The summed E-state index contributed by atoms with van der Waals surface area (Å²) in [4.78, 5) is 2.59. The standard InChI is InChI=1S/C10H21N/c1-6-7-8-11-9(2,3)10(11,4)5/h6-8H2,1-5H3. The molecule has 0 atom stereocenters. The second kappa shape index (κ2) is 2.48.